The summed E-state index contributed by atoms with van der Waals surface area (Å²) in [5, 5.41) is 0. The van der Waals surface area contributed by atoms with Crippen molar-refractivity contribution >= 4 is 34.3 Å². The summed E-state index contributed by atoms with van der Waals surface area (Å²) in [5.74, 6) is 0.840. The number of aryl methyl sites for hydroxylation is 1. The number of benzene rings is 2. The van der Waals surface area contributed by atoms with E-state index in [1.807, 2.05) is 24.4 Å². The molecule has 3 aromatic heterocycles. The number of hydrogen-bond donors (Lipinski definition) is 0. The number of furan rings is 1. The quantitative estimate of drug-likeness (QED) is 0.307. The van der Waals surface area contributed by atoms with Gasteiger partial charge in [0.05, 0.1) is 10.6 Å². The maximum absolute atomic E-state index is 5.96. The van der Waals surface area contributed by atoms with E-state index in [0.29, 0.717) is 6.67 Å². The molecule has 6 rings (SSSR count). The molecule has 0 N–H and O–H groups in total. The van der Waals surface area contributed by atoms with Gasteiger partial charge in [-0.2, -0.15) is 0 Å². The number of anilines is 1. The Labute approximate surface area is 190 Å². The molecule has 1 aliphatic rings. The number of thiophene rings is 1. The summed E-state index contributed by atoms with van der Waals surface area (Å²) in [6, 6.07) is 25.4. The Morgan fingerprint density at radius 2 is 1.78 bits per heavy atom. The fraction of sp³-hybridized carbons (Fsp3) is 0.111. The highest BCUT2D eigenvalue weighted by Crippen LogP contribution is 2.38. The normalized spacial score (nSPS) is 13.0. The number of aliphatic imine (C=N–C) groups is 1. The summed E-state index contributed by atoms with van der Waals surface area (Å²) in [6.45, 7) is 3.67. The highest BCUT2D eigenvalue weighted by atomic mass is 32.1. The minimum atomic E-state index is 0.691. The third-order valence-electron chi connectivity index (χ3n) is 5.78. The van der Waals surface area contributed by atoms with Crippen molar-refractivity contribution in [1.29, 1.82) is 0 Å². The van der Waals surface area contributed by atoms with Crippen LogP contribution in [-0.2, 0) is 6.54 Å². The van der Waals surface area contributed by atoms with Gasteiger partial charge < -0.3 is 9.32 Å². The molecule has 4 heterocycles. The van der Waals surface area contributed by atoms with Crippen LogP contribution in [0.5, 0.6) is 0 Å². The van der Waals surface area contributed by atoms with Crippen molar-refractivity contribution in [3.8, 4) is 21.8 Å². The van der Waals surface area contributed by atoms with E-state index in [1.165, 1.54) is 32.1 Å². The molecule has 0 atom stereocenters. The zero-order valence-electron chi connectivity index (χ0n) is 17.7. The predicted molar refractivity (Wildman–Crippen MR) is 133 cm³/mol. The fourth-order valence-electron chi connectivity index (χ4n) is 4.04. The van der Waals surface area contributed by atoms with Gasteiger partial charge in [-0.3, -0.25) is 9.98 Å². The molecular weight excluding hydrogens is 414 g/mol. The van der Waals surface area contributed by atoms with E-state index in [-0.39, 0.29) is 0 Å². The van der Waals surface area contributed by atoms with E-state index < -0.39 is 0 Å². The number of pyridine rings is 1. The highest BCUT2D eigenvalue weighted by molar-refractivity contribution is 7.17. The Kier molecular flexibility index (Phi) is 4.62. The average molecular weight is 436 g/mol. The van der Waals surface area contributed by atoms with Crippen molar-refractivity contribution in [3.63, 3.8) is 0 Å². The lowest BCUT2D eigenvalue weighted by Gasteiger charge is -2.25. The van der Waals surface area contributed by atoms with E-state index in [1.54, 1.807) is 17.5 Å². The van der Waals surface area contributed by atoms with Crippen molar-refractivity contribution in [2.45, 2.75) is 13.5 Å². The second-order valence-corrected chi connectivity index (χ2v) is 9.16. The van der Waals surface area contributed by atoms with Gasteiger partial charge in [-0.05, 0) is 36.2 Å². The first kappa shape index (κ1) is 19.0. The van der Waals surface area contributed by atoms with Crippen LogP contribution < -0.4 is 4.90 Å². The topological polar surface area (TPSA) is 41.6 Å². The van der Waals surface area contributed by atoms with E-state index in [2.05, 4.69) is 76.4 Å². The van der Waals surface area contributed by atoms with Crippen molar-refractivity contribution in [1.82, 2.24) is 4.98 Å². The number of fused-ring (bicyclic) bond motifs is 2. The van der Waals surface area contributed by atoms with Gasteiger partial charge >= 0.3 is 0 Å². The lowest BCUT2D eigenvalue weighted by atomic mass is 10.1. The SMILES string of the molecule is Cc1ccc(CN2CN=Cc3sc(-c4ccc(-c5cc6ncccc6o5)cc4)cc32)cc1. The maximum Gasteiger partial charge on any atom is 0.153 e. The van der Waals surface area contributed by atoms with Gasteiger partial charge in [0.25, 0.3) is 0 Å². The van der Waals surface area contributed by atoms with Crippen LogP contribution in [0.1, 0.15) is 16.0 Å². The Morgan fingerprint density at radius 1 is 0.969 bits per heavy atom. The van der Waals surface area contributed by atoms with Crippen LogP contribution in [0.25, 0.3) is 32.9 Å². The summed E-state index contributed by atoms with van der Waals surface area (Å²) >= 11 is 1.79. The molecule has 4 nitrogen and oxygen atoms in total. The van der Waals surface area contributed by atoms with E-state index in [0.717, 1.165) is 29.0 Å². The van der Waals surface area contributed by atoms with Gasteiger partial charge in [0.2, 0.25) is 0 Å². The van der Waals surface area contributed by atoms with Gasteiger partial charge in [0, 0.05) is 35.5 Å². The van der Waals surface area contributed by atoms with E-state index in [4.69, 9.17) is 4.42 Å². The van der Waals surface area contributed by atoms with Crippen molar-refractivity contribution in [3.05, 3.63) is 95.0 Å². The molecule has 32 heavy (non-hydrogen) atoms. The third-order valence-corrected chi connectivity index (χ3v) is 6.89. The lowest BCUT2D eigenvalue weighted by Crippen LogP contribution is -2.25. The minimum absolute atomic E-state index is 0.691. The molecule has 0 saturated heterocycles. The molecule has 0 unspecified atom stereocenters. The summed E-state index contributed by atoms with van der Waals surface area (Å²) < 4.78 is 5.96. The Morgan fingerprint density at radius 3 is 2.59 bits per heavy atom. The number of rotatable bonds is 4. The summed E-state index contributed by atoms with van der Waals surface area (Å²) in [5.41, 5.74) is 7.79. The first-order chi connectivity index (χ1) is 15.7. The first-order valence-electron chi connectivity index (χ1n) is 10.6. The number of nitrogens with zero attached hydrogens (tertiary/aromatic N) is 3. The molecule has 0 radical (unpaired) electrons. The molecule has 5 heteroatoms. The van der Waals surface area contributed by atoms with Crippen LogP contribution in [-0.4, -0.2) is 17.9 Å². The van der Waals surface area contributed by atoms with Crippen LogP contribution in [0.2, 0.25) is 0 Å². The van der Waals surface area contributed by atoms with Gasteiger partial charge in [-0.15, -0.1) is 11.3 Å². The minimum Gasteiger partial charge on any atom is -0.454 e. The van der Waals surface area contributed by atoms with Crippen LogP contribution in [0.15, 0.2) is 88.4 Å². The molecule has 0 spiro atoms. The molecule has 5 aromatic rings. The zero-order valence-corrected chi connectivity index (χ0v) is 18.5. The van der Waals surface area contributed by atoms with Gasteiger partial charge in [-0.1, -0.05) is 54.1 Å². The molecular formula is C27H21N3OS. The molecule has 2 aromatic carbocycles. The Bertz CT molecular complexity index is 1400. The second-order valence-electron chi connectivity index (χ2n) is 8.07. The largest absolute Gasteiger partial charge is 0.454 e. The maximum atomic E-state index is 5.96. The summed E-state index contributed by atoms with van der Waals surface area (Å²) in [4.78, 5) is 13.8. The molecule has 0 bridgehead atoms. The van der Waals surface area contributed by atoms with Crippen molar-refractivity contribution in [2.75, 3.05) is 11.6 Å². The van der Waals surface area contributed by atoms with E-state index >= 15 is 0 Å². The van der Waals surface area contributed by atoms with Crippen LogP contribution in [0.4, 0.5) is 5.69 Å². The molecule has 0 saturated carbocycles. The second kappa shape index (κ2) is 7.77. The first-order valence-corrected chi connectivity index (χ1v) is 11.4. The van der Waals surface area contributed by atoms with Crippen LogP contribution in [0, 0.1) is 6.92 Å². The van der Waals surface area contributed by atoms with Gasteiger partial charge in [0.15, 0.2) is 5.58 Å². The average Bonchev–Trinajstić information content (AvgIpc) is 3.46. The smallest absolute Gasteiger partial charge is 0.153 e. The Hall–Kier alpha value is -3.70. The molecule has 156 valence electrons. The molecule has 1 aliphatic heterocycles. The zero-order chi connectivity index (χ0) is 21.5. The molecule has 0 fully saturated rings. The highest BCUT2D eigenvalue weighted by Gasteiger charge is 2.19. The third kappa shape index (κ3) is 3.51. The van der Waals surface area contributed by atoms with Gasteiger partial charge in [0.1, 0.15) is 17.9 Å². The monoisotopic (exact) mass is 435 g/mol. The molecule has 0 amide bonds. The summed E-state index contributed by atoms with van der Waals surface area (Å²) in [7, 11) is 0. The van der Waals surface area contributed by atoms with Crippen LogP contribution >= 0.6 is 11.3 Å². The van der Waals surface area contributed by atoms with Crippen molar-refractivity contribution in [2.24, 2.45) is 4.99 Å². The van der Waals surface area contributed by atoms with Gasteiger partial charge in [-0.25, -0.2) is 0 Å². The summed E-state index contributed by atoms with van der Waals surface area (Å²) in [6.07, 6.45) is 3.79. The predicted octanol–water partition coefficient (Wildman–Crippen LogP) is 6.93. The van der Waals surface area contributed by atoms with E-state index in [9.17, 15) is 0 Å². The molecule has 0 aliphatic carbocycles. The standard InChI is InChI=1S/C27H21N3OS/c1-18-4-6-19(7-5-18)16-30-17-28-15-27-23(30)14-26(32-27)21-10-8-20(9-11-21)25-13-22-24(31-25)3-2-12-29-22/h2-15H,16-17H2,1H3. The fourth-order valence-corrected chi connectivity index (χ4v) is 5.12. The number of aromatic nitrogens is 1. The number of hydrogen-bond acceptors (Lipinski definition) is 5. The Balaban J connectivity index is 1.27. The lowest BCUT2D eigenvalue weighted by molar-refractivity contribution is 0.631. The van der Waals surface area contributed by atoms with Crippen molar-refractivity contribution < 1.29 is 4.42 Å². The van der Waals surface area contributed by atoms with Crippen LogP contribution in [0.3, 0.4) is 0 Å².